The number of carbonyl (C=O) groups excluding carboxylic acids is 2. The molecule has 14 heteroatoms. The summed E-state index contributed by atoms with van der Waals surface area (Å²) in [5.74, 6) is -0.236. The van der Waals surface area contributed by atoms with Gasteiger partial charge >= 0.3 is 6.18 Å². The molecule has 1 aliphatic heterocycles. The number of ether oxygens (including phenoxy) is 2. The monoisotopic (exact) mass is 709 g/mol. The molecule has 260 valence electrons. The number of aromatic nitrogens is 2. The van der Waals surface area contributed by atoms with Crippen molar-refractivity contribution in [1.29, 1.82) is 0 Å². The maximum atomic E-state index is 13.9. The van der Waals surface area contributed by atoms with E-state index in [0.29, 0.717) is 55.7 Å². The van der Waals surface area contributed by atoms with Crippen LogP contribution >= 0.6 is 11.6 Å². The van der Waals surface area contributed by atoms with E-state index in [9.17, 15) is 27.2 Å². The number of alkyl halides is 3. The predicted octanol–water partition coefficient (Wildman–Crippen LogP) is 7.33. The minimum Gasteiger partial charge on any atom is -0.484 e. The van der Waals surface area contributed by atoms with Gasteiger partial charge in [-0.05, 0) is 60.2 Å². The minimum atomic E-state index is -4.39. The highest BCUT2D eigenvalue weighted by molar-refractivity contribution is 6.30. The Hall–Kier alpha value is -5.14. The lowest BCUT2D eigenvalue weighted by atomic mass is 10.2. The first-order chi connectivity index (χ1) is 23.8. The van der Waals surface area contributed by atoms with Gasteiger partial charge in [-0.3, -0.25) is 14.5 Å². The minimum absolute atomic E-state index is 0.0669. The summed E-state index contributed by atoms with van der Waals surface area (Å²) in [5.41, 5.74) is 2.90. The predicted molar refractivity (Wildman–Crippen MR) is 181 cm³/mol. The number of nitrogens with zero attached hydrogens (tertiary/aromatic N) is 5. The Balaban J connectivity index is 1.04. The molecular formula is C36H32ClF4N5O4. The second-order valence-corrected chi connectivity index (χ2v) is 12.3. The van der Waals surface area contributed by atoms with E-state index in [2.05, 4.69) is 9.88 Å². The second kappa shape index (κ2) is 14.4. The molecule has 1 aliphatic rings. The van der Waals surface area contributed by atoms with E-state index in [1.807, 2.05) is 34.7 Å². The first-order valence-corrected chi connectivity index (χ1v) is 16.0. The van der Waals surface area contributed by atoms with Gasteiger partial charge in [-0.15, -0.1) is 0 Å². The van der Waals surface area contributed by atoms with E-state index in [4.69, 9.17) is 21.1 Å². The van der Waals surface area contributed by atoms with Crippen molar-refractivity contribution >= 4 is 40.0 Å². The number of halogens is 5. The Labute approximate surface area is 290 Å². The Morgan fingerprint density at radius 3 is 2.30 bits per heavy atom. The molecule has 5 aromatic rings. The van der Waals surface area contributed by atoms with Crippen molar-refractivity contribution in [2.24, 2.45) is 7.05 Å². The van der Waals surface area contributed by atoms with E-state index in [1.165, 1.54) is 35.4 Å². The lowest BCUT2D eigenvalue weighted by molar-refractivity contribution is -0.153. The van der Waals surface area contributed by atoms with Crippen LogP contribution in [0.15, 0.2) is 85.1 Å². The van der Waals surface area contributed by atoms with Crippen molar-refractivity contribution in [3.63, 3.8) is 0 Å². The number of piperazine rings is 1. The van der Waals surface area contributed by atoms with Gasteiger partial charge in [0.25, 0.3) is 11.8 Å². The highest BCUT2D eigenvalue weighted by Crippen LogP contribution is 2.29. The van der Waals surface area contributed by atoms with E-state index in [0.717, 1.165) is 22.5 Å². The van der Waals surface area contributed by atoms with E-state index >= 15 is 0 Å². The Bertz CT molecular complexity index is 2010. The number of hydrogen-bond donors (Lipinski definition) is 0. The van der Waals surface area contributed by atoms with Gasteiger partial charge in [-0.25, -0.2) is 9.37 Å². The van der Waals surface area contributed by atoms with Crippen molar-refractivity contribution in [1.82, 2.24) is 19.4 Å². The van der Waals surface area contributed by atoms with Crippen molar-refractivity contribution in [3.8, 4) is 17.4 Å². The van der Waals surface area contributed by atoms with Crippen LogP contribution in [-0.4, -0.2) is 77.2 Å². The molecule has 9 nitrogen and oxygen atoms in total. The number of benzene rings is 3. The van der Waals surface area contributed by atoms with Crippen LogP contribution in [-0.2, 0) is 13.6 Å². The number of anilines is 1. The molecule has 0 bridgehead atoms. The van der Waals surface area contributed by atoms with Crippen molar-refractivity contribution < 1.29 is 36.6 Å². The first kappa shape index (κ1) is 34.7. The highest BCUT2D eigenvalue weighted by atomic mass is 35.5. The van der Waals surface area contributed by atoms with Crippen LogP contribution in [0.5, 0.6) is 17.4 Å². The van der Waals surface area contributed by atoms with Gasteiger partial charge < -0.3 is 23.8 Å². The average Bonchev–Trinajstić information content (AvgIpc) is 3.43. The molecule has 2 amide bonds. The summed E-state index contributed by atoms with van der Waals surface area (Å²) in [5, 5.41) is 0.800. The van der Waals surface area contributed by atoms with Gasteiger partial charge in [0.1, 0.15) is 23.0 Å². The summed E-state index contributed by atoms with van der Waals surface area (Å²) in [6.07, 6.45) is -2.91. The molecule has 0 atom stereocenters. The highest BCUT2D eigenvalue weighted by Gasteiger charge is 2.28. The topological polar surface area (TPSA) is 80.1 Å². The lowest BCUT2D eigenvalue weighted by Crippen LogP contribution is -2.48. The van der Waals surface area contributed by atoms with Gasteiger partial charge in [-0.2, -0.15) is 13.2 Å². The van der Waals surface area contributed by atoms with Crippen LogP contribution in [0.25, 0.3) is 10.9 Å². The number of carbonyl (C=O) groups is 2. The number of amides is 2. The van der Waals surface area contributed by atoms with Crippen molar-refractivity contribution in [2.45, 2.75) is 12.7 Å². The van der Waals surface area contributed by atoms with Crippen molar-refractivity contribution in [3.05, 3.63) is 113 Å². The summed E-state index contributed by atoms with van der Waals surface area (Å²) < 4.78 is 63.7. The number of rotatable bonds is 9. The van der Waals surface area contributed by atoms with E-state index in [-0.39, 0.29) is 22.2 Å². The lowest BCUT2D eigenvalue weighted by Gasteiger charge is -2.34. The fourth-order valence-electron chi connectivity index (χ4n) is 5.66. The fourth-order valence-corrected chi connectivity index (χ4v) is 5.77. The molecule has 6 rings (SSSR count). The molecule has 3 aromatic carbocycles. The number of aryl methyl sites for hydroxylation is 1. The van der Waals surface area contributed by atoms with Gasteiger partial charge in [0.2, 0.25) is 5.88 Å². The Kier molecular flexibility index (Phi) is 9.98. The molecule has 0 N–H and O–H groups in total. The Morgan fingerprint density at radius 1 is 0.920 bits per heavy atom. The zero-order valence-corrected chi connectivity index (χ0v) is 27.8. The molecule has 1 fully saturated rings. The first-order valence-electron chi connectivity index (χ1n) is 15.6. The normalized spacial score (nSPS) is 13.8. The molecule has 0 spiro atoms. The van der Waals surface area contributed by atoms with E-state index < -0.39 is 24.5 Å². The average molecular weight is 710 g/mol. The quantitative estimate of drug-likeness (QED) is 0.149. The molecule has 50 heavy (non-hydrogen) atoms. The third-order valence-electron chi connectivity index (χ3n) is 8.43. The van der Waals surface area contributed by atoms with Gasteiger partial charge in [0.05, 0.1) is 22.4 Å². The van der Waals surface area contributed by atoms with Gasteiger partial charge in [-0.1, -0.05) is 23.7 Å². The number of hydrogen-bond acceptors (Lipinski definition) is 6. The third kappa shape index (κ3) is 8.01. The maximum absolute atomic E-state index is 13.9. The van der Waals surface area contributed by atoms with Crippen LogP contribution in [0.4, 0.5) is 23.2 Å². The van der Waals surface area contributed by atoms with Crippen LogP contribution < -0.4 is 14.4 Å². The number of fused-ring (bicyclic) bond motifs is 1. The molecule has 0 radical (unpaired) electrons. The van der Waals surface area contributed by atoms with Crippen LogP contribution in [0.3, 0.4) is 0 Å². The summed E-state index contributed by atoms with van der Waals surface area (Å²) in [6.45, 7) is 1.63. The molecule has 2 aromatic heterocycles. The zero-order valence-electron chi connectivity index (χ0n) is 27.1. The zero-order chi connectivity index (χ0) is 35.6. The molecule has 0 unspecified atom stereocenters. The molecule has 3 heterocycles. The largest absolute Gasteiger partial charge is 0.484 e. The van der Waals surface area contributed by atoms with E-state index in [1.54, 1.807) is 37.4 Å². The standard InChI is InChI=1S/C36H32ClF4N5O4/c1-43(34(47)25-6-11-29(37)30(38)17-25)26-7-12-33(42-20-26)50-28-10-5-24-18-32(44(2)31(24)19-28)35(48)46-15-13-45(14-16-46)21-23-3-8-27(9-4-23)49-22-36(39,40)41/h3-12,17-20H,13-16,21-22H2,1-2H3. The smallest absolute Gasteiger partial charge is 0.422 e. The summed E-state index contributed by atoms with van der Waals surface area (Å²) in [6, 6.07) is 21.0. The van der Waals surface area contributed by atoms with Gasteiger partial charge in [0, 0.05) is 69.9 Å². The molecule has 0 aliphatic carbocycles. The molecular weight excluding hydrogens is 678 g/mol. The summed E-state index contributed by atoms with van der Waals surface area (Å²) in [7, 11) is 3.38. The van der Waals surface area contributed by atoms with Crippen LogP contribution in [0.2, 0.25) is 5.02 Å². The van der Waals surface area contributed by atoms with Crippen LogP contribution in [0, 0.1) is 5.82 Å². The summed E-state index contributed by atoms with van der Waals surface area (Å²) >= 11 is 5.73. The third-order valence-corrected chi connectivity index (χ3v) is 8.74. The fraction of sp³-hybridized carbons (Fsp3) is 0.250. The Morgan fingerprint density at radius 2 is 1.64 bits per heavy atom. The summed E-state index contributed by atoms with van der Waals surface area (Å²) in [4.78, 5) is 36.0. The SMILES string of the molecule is CN(C(=O)c1ccc(Cl)c(F)c1)c1ccc(Oc2ccc3cc(C(=O)N4CCN(Cc5ccc(OCC(F)(F)F)cc5)CC4)n(C)c3c2)nc1. The number of pyridine rings is 1. The van der Waals surface area contributed by atoms with Gasteiger partial charge in [0.15, 0.2) is 6.61 Å². The molecule has 1 saturated heterocycles. The second-order valence-electron chi connectivity index (χ2n) is 11.9. The van der Waals surface area contributed by atoms with Crippen molar-refractivity contribution in [2.75, 3.05) is 44.7 Å². The van der Waals surface area contributed by atoms with Crippen LogP contribution in [0.1, 0.15) is 26.4 Å². The molecule has 0 saturated carbocycles. The maximum Gasteiger partial charge on any atom is 0.422 e.